The summed E-state index contributed by atoms with van der Waals surface area (Å²) in [5.74, 6) is 1.01. The van der Waals surface area contributed by atoms with Gasteiger partial charge in [-0.05, 0) is 32.0 Å². The molecule has 0 N–H and O–H groups in total. The molecule has 8 heteroatoms. The first-order valence-electron chi connectivity index (χ1n) is 8.33. The van der Waals surface area contributed by atoms with Gasteiger partial charge in [-0.25, -0.2) is 4.79 Å². The van der Waals surface area contributed by atoms with E-state index in [0.29, 0.717) is 36.5 Å². The molecule has 25 heavy (non-hydrogen) atoms. The normalized spacial score (nSPS) is 16.7. The Hall–Kier alpha value is -2.12. The van der Waals surface area contributed by atoms with Gasteiger partial charge in [-0.15, -0.1) is 10.2 Å². The second kappa shape index (κ2) is 7.84. The highest BCUT2D eigenvalue weighted by Gasteiger charge is 2.28. The highest BCUT2D eigenvalue weighted by atomic mass is 35.5. The Morgan fingerprint density at radius 2 is 2.08 bits per heavy atom. The molecule has 0 spiro atoms. The third-order valence-corrected chi connectivity index (χ3v) is 4.49. The van der Waals surface area contributed by atoms with Gasteiger partial charge in [0.1, 0.15) is 0 Å². The SMILES string of the molecule is CCOC(=O)N1CCN([C@@H](C)c2nnc(-c3cccc(Cl)c3)o2)CC1. The maximum atomic E-state index is 11.8. The van der Waals surface area contributed by atoms with Crippen molar-refractivity contribution in [1.29, 1.82) is 0 Å². The molecule has 1 fully saturated rings. The zero-order valence-electron chi connectivity index (χ0n) is 14.3. The van der Waals surface area contributed by atoms with E-state index in [-0.39, 0.29) is 12.1 Å². The third-order valence-electron chi connectivity index (χ3n) is 4.26. The molecule has 2 heterocycles. The van der Waals surface area contributed by atoms with E-state index in [4.69, 9.17) is 20.8 Å². The standard InChI is InChI=1S/C17H21ClN4O3/c1-3-24-17(23)22-9-7-21(8-10-22)12(2)15-19-20-16(25-15)13-5-4-6-14(18)11-13/h4-6,11-12H,3,7-10H2,1-2H3/t12-/m0/s1. The number of hydrogen-bond donors (Lipinski definition) is 0. The van der Waals surface area contributed by atoms with Crippen molar-refractivity contribution >= 4 is 17.7 Å². The second-order valence-electron chi connectivity index (χ2n) is 5.85. The van der Waals surface area contributed by atoms with Gasteiger partial charge >= 0.3 is 6.09 Å². The fourth-order valence-corrected chi connectivity index (χ4v) is 2.99. The fourth-order valence-electron chi connectivity index (χ4n) is 2.80. The van der Waals surface area contributed by atoms with E-state index < -0.39 is 0 Å². The summed E-state index contributed by atoms with van der Waals surface area (Å²) in [6.45, 7) is 6.93. The van der Waals surface area contributed by atoms with E-state index in [2.05, 4.69) is 15.1 Å². The lowest BCUT2D eigenvalue weighted by Gasteiger charge is -2.36. The molecule has 1 amide bonds. The predicted molar refractivity (Wildman–Crippen MR) is 93.3 cm³/mol. The molecule has 1 aliphatic heterocycles. The molecule has 0 radical (unpaired) electrons. The van der Waals surface area contributed by atoms with Crippen LogP contribution in [0.2, 0.25) is 5.02 Å². The number of hydrogen-bond acceptors (Lipinski definition) is 6. The summed E-state index contributed by atoms with van der Waals surface area (Å²) in [5, 5.41) is 8.92. The van der Waals surface area contributed by atoms with Gasteiger partial charge in [0, 0.05) is 36.8 Å². The number of benzene rings is 1. The first-order valence-corrected chi connectivity index (χ1v) is 8.71. The molecule has 2 aromatic rings. The summed E-state index contributed by atoms with van der Waals surface area (Å²) >= 11 is 6.01. The number of ether oxygens (including phenoxy) is 1. The number of carbonyl (C=O) groups excluding carboxylic acids is 1. The van der Waals surface area contributed by atoms with Gasteiger partial charge in [-0.2, -0.15) is 0 Å². The van der Waals surface area contributed by atoms with Crippen LogP contribution >= 0.6 is 11.6 Å². The number of aromatic nitrogens is 2. The van der Waals surface area contributed by atoms with Crippen LogP contribution in [0.1, 0.15) is 25.8 Å². The first kappa shape index (κ1) is 17.7. The Balaban J connectivity index is 1.63. The Morgan fingerprint density at radius 3 is 2.76 bits per heavy atom. The Bertz CT molecular complexity index is 728. The minimum absolute atomic E-state index is 0.0234. The van der Waals surface area contributed by atoms with Crippen molar-refractivity contribution in [2.45, 2.75) is 19.9 Å². The molecule has 1 aromatic carbocycles. The van der Waals surface area contributed by atoms with E-state index in [1.165, 1.54) is 0 Å². The molecular weight excluding hydrogens is 344 g/mol. The molecule has 1 aliphatic rings. The van der Waals surface area contributed by atoms with Crippen LogP contribution < -0.4 is 0 Å². The number of amides is 1. The lowest BCUT2D eigenvalue weighted by atomic mass is 10.2. The first-order chi connectivity index (χ1) is 12.1. The van der Waals surface area contributed by atoms with Gasteiger partial charge in [0.05, 0.1) is 12.6 Å². The van der Waals surface area contributed by atoms with Crippen LogP contribution in [-0.2, 0) is 4.74 Å². The van der Waals surface area contributed by atoms with Crippen molar-refractivity contribution in [3.05, 3.63) is 35.2 Å². The molecule has 0 aliphatic carbocycles. The summed E-state index contributed by atoms with van der Waals surface area (Å²) in [4.78, 5) is 15.7. The monoisotopic (exact) mass is 364 g/mol. The quantitative estimate of drug-likeness (QED) is 0.829. The van der Waals surface area contributed by atoms with Crippen molar-refractivity contribution in [2.75, 3.05) is 32.8 Å². The molecule has 134 valence electrons. The van der Waals surface area contributed by atoms with Crippen LogP contribution in [0.3, 0.4) is 0 Å². The summed E-state index contributed by atoms with van der Waals surface area (Å²) < 4.78 is 10.9. The highest BCUT2D eigenvalue weighted by Crippen LogP contribution is 2.26. The lowest BCUT2D eigenvalue weighted by Crippen LogP contribution is -2.49. The van der Waals surface area contributed by atoms with E-state index >= 15 is 0 Å². The summed E-state index contributed by atoms with van der Waals surface area (Å²) in [7, 11) is 0. The number of carbonyl (C=O) groups is 1. The van der Waals surface area contributed by atoms with Crippen LogP contribution in [0.5, 0.6) is 0 Å². The summed E-state index contributed by atoms with van der Waals surface area (Å²) in [5.41, 5.74) is 0.797. The van der Waals surface area contributed by atoms with Crippen molar-refractivity contribution in [2.24, 2.45) is 0 Å². The Morgan fingerprint density at radius 1 is 1.32 bits per heavy atom. The van der Waals surface area contributed by atoms with Gasteiger partial charge < -0.3 is 14.1 Å². The highest BCUT2D eigenvalue weighted by molar-refractivity contribution is 6.30. The third kappa shape index (κ3) is 4.11. The maximum absolute atomic E-state index is 11.8. The van der Waals surface area contributed by atoms with Crippen molar-refractivity contribution in [1.82, 2.24) is 20.0 Å². The van der Waals surface area contributed by atoms with Gasteiger partial charge in [0.2, 0.25) is 11.8 Å². The topological polar surface area (TPSA) is 71.7 Å². The smallest absolute Gasteiger partial charge is 0.409 e. The zero-order chi connectivity index (χ0) is 17.8. The van der Waals surface area contributed by atoms with Crippen LogP contribution in [0.15, 0.2) is 28.7 Å². The van der Waals surface area contributed by atoms with Crippen molar-refractivity contribution in [3.63, 3.8) is 0 Å². The van der Waals surface area contributed by atoms with E-state index in [0.717, 1.165) is 18.7 Å². The number of nitrogens with zero attached hydrogens (tertiary/aromatic N) is 4. The average molecular weight is 365 g/mol. The number of rotatable bonds is 4. The molecule has 7 nitrogen and oxygen atoms in total. The van der Waals surface area contributed by atoms with Gasteiger partial charge in [0.15, 0.2) is 0 Å². The molecule has 1 atom stereocenters. The van der Waals surface area contributed by atoms with E-state index in [1.807, 2.05) is 26.0 Å². The largest absolute Gasteiger partial charge is 0.450 e. The summed E-state index contributed by atoms with van der Waals surface area (Å²) in [6.07, 6.45) is -0.254. The lowest BCUT2D eigenvalue weighted by molar-refractivity contribution is 0.0642. The average Bonchev–Trinajstić information content (AvgIpc) is 3.11. The Kier molecular flexibility index (Phi) is 5.55. The van der Waals surface area contributed by atoms with Crippen LogP contribution in [0, 0.1) is 0 Å². The minimum Gasteiger partial charge on any atom is -0.450 e. The molecule has 0 saturated carbocycles. The molecule has 3 rings (SSSR count). The Labute approximate surface area is 151 Å². The predicted octanol–water partition coefficient (Wildman–Crippen LogP) is 3.23. The van der Waals surface area contributed by atoms with Crippen LogP contribution in [0.25, 0.3) is 11.5 Å². The van der Waals surface area contributed by atoms with Crippen molar-refractivity contribution in [3.8, 4) is 11.5 Å². The number of halogens is 1. The van der Waals surface area contributed by atoms with Crippen molar-refractivity contribution < 1.29 is 13.9 Å². The fraction of sp³-hybridized carbons (Fsp3) is 0.471. The van der Waals surface area contributed by atoms with Crippen LogP contribution in [-0.4, -0.2) is 58.9 Å². The second-order valence-corrected chi connectivity index (χ2v) is 6.29. The summed E-state index contributed by atoms with van der Waals surface area (Å²) in [6, 6.07) is 7.30. The van der Waals surface area contributed by atoms with Crippen LogP contribution in [0.4, 0.5) is 4.79 Å². The minimum atomic E-state index is -0.254. The van der Waals surface area contributed by atoms with E-state index in [1.54, 1.807) is 17.0 Å². The molecule has 1 aromatic heterocycles. The number of piperazine rings is 1. The van der Waals surface area contributed by atoms with Gasteiger partial charge in [-0.3, -0.25) is 4.90 Å². The van der Waals surface area contributed by atoms with Gasteiger partial charge in [-0.1, -0.05) is 17.7 Å². The molecule has 0 unspecified atom stereocenters. The van der Waals surface area contributed by atoms with Gasteiger partial charge in [0.25, 0.3) is 0 Å². The zero-order valence-corrected chi connectivity index (χ0v) is 15.1. The van der Waals surface area contributed by atoms with E-state index in [9.17, 15) is 4.79 Å². The molecule has 1 saturated heterocycles. The molecule has 0 bridgehead atoms. The molecular formula is C17H21ClN4O3. The maximum Gasteiger partial charge on any atom is 0.409 e.